The van der Waals surface area contributed by atoms with Gasteiger partial charge in [0.1, 0.15) is 12.7 Å². The molecule has 0 atom stereocenters. The van der Waals surface area contributed by atoms with E-state index in [1.807, 2.05) is 207 Å². The van der Waals surface area contributed by atoms with Crippen LogP contribution in [-0.2, 0) is 0 Å². The van der Waals surface area contributed by atoms with Crippen LogP contribution < -0.4 is 0 Å². The molecule has 0 aliphatic carbocycles. The third kappa shape index (κ3) is 16.7. The molecule has 0 radical (unpaired) electrons. The van der Waals surface area contributed by atoms with Crippen LogP contribution in [0.5, 0.6) is 0 Å². The summed E-state index contributed by atoms with van der Waals surface area (Å²) in [5, 5.41) is 7.02. The molecule has 120 heavy (non-hydrogen) atoms. The van der Waals surface area contributed by atoms with Crippen molar-refractivity contribution in [2.24, 2.45) is 0 Å². The molecular weight excluding hydrogens is 1470 g/mol. The van der Waals surface area contributed by atoms with Crippen molar-refractivity contribution in [2.75, 3.05) is 0 Å². The molecule has 15 heteroatoms. The number of fused-ring (bicyclic) bond motifs is 3. The first-order valence-corrected chi connectivity index (χ1v) is 39.2. The Bertz CT molecular complexity index is 6280. The Morgan fingerprint density at radius 3 is 0.667 bits per heavy atom. The summed E-state index contributed by atoms with van der Waals surface area (Å²) in [7, 11) is 0. The minimum Gasteiger partial charge on any atom is -0.245 e. The molecule has 6 aromatic heterocycles. The Kier molecular flexibility index (Phi) is 20.9. The van der Waals surface area contributed by atoms with Gasteiger partial charge in [-0.1, -0.05) is 328 Å². The fraction of sp³-hybridized carbons (Fsp3) is 0. The molecule has 21 rings (SSSR count). The quantitative estimate of drug-likeness (QED) is 0.0940. The number of benzene rings is 15. The monoisotopic (exact) mass is 1540 g/mol. The van der Waals surface area contributed by atoms with Crippen molar-refractivity contribution in [2.45, 2.75) is 0 Å². The van der Waals surface area contributed by atoms with Gasteiger partial charge in [0.15, 0.2) is 58.2 Å². The van der Waals surface area contributed by atoms with Gasteiger partial charge in [-0.3, -0.25) is 0 Å². The molecule has 0 fully saturated rings. The van der Waals surface area contributed by atoms with Crippen molar-refractivity contribution in [3.8, 4) is 170 Å². The zero-order valence-electron chi connectivity index (χ0n) is 64.5. The van der Waals surface area contributed by atoms with Crippen LogP contribution in [0.4, 0.5) is 0 Å². The number of hydrogen-bond donors (Lipinski definition) is 0. The lowest BCUT2D eigenvalue weighted by atomic mass is 9.98. The molecule has 0 saturated heterocycles. The van der Waals surface area contributed by atoms with E-state index in [1.54, 1.807) is 31.2 Å². The fourth-order valence-corrected chi connectivity index (χ4v) is 14.4. The molecule has 0 aliphatic heterocycles. The molecule has 564 valence electrons. The van der Waals surface area contributed by atoms with Crippen LogP contribution in [0.25, 0.3) is 202 Å². The Hall–Kier alpha value is -16.7. The summed E-state index contributed by atoms with van der Waals surface area (Å²) in [6.45, 7) is 0. The normalized spacial score (nSPS) is 11.0. The van der Waals surface area contributed by atoms with Crippen molar-refractivity contribution in [1.82, 2.24) is 74.8 Å². The summed E-state index contributed by atoms with van der Waals surface area (Å²) in [6.07, 6.45) is 12.1. The van der Waals surface area contributed by atoms with Crippen molar-refractivity contribution < 1.29 is 0 Å². The minimum absolute atomic E-state index is 0.644. The van der Waals surface area contributed by atoms with Gasteiger partial charge in [0, 0.05) is 97.7 Å². The predicted octanol–water partition coefficient (Wildman–Crippen LogP) is 24.4. The highest BCUT2D eigenvalue weighted by atomic mass is 15.1. The van der Waals surface area contributed by atoms with Crippen LogP contribution >= 0.6 is 0 Å². The number of nitrogens with zero attached hydrogens (tertiary/aromatic N) is 15. The van der Waals surface area contributed by atoms with Crippen LogP contribution in [0.2, 0.25) is 0 Å². The summed E-state index contributed by atoms with van der Waals surface area (Å²) < 4.78 is 0. The van der Waals surface area contributed by atoms with Gasteiger partial charge in [-0.15, -0.1) is 0 Å². The molecule has 0 unspecified atom stereocenters. The first kappa shape index (κ1) is 73.5. The maximum Gasteiger partial charge on any atom is 0.164 e. The third-order valence-electron chi connectivity index (χ3n) is 20.6. The average molecular weight is 1540 g/mol. The number of rotatable bonds is 15. The molecule has 0 bridgehead atoms. The topological polar surface area (TPSA) is 193 Å². The van der Waals surface area contributed by atoms with E-state index in [0.29, 0.717) is 52.4 Å². The smallest absolute Gasteiger partial charge is 0.164 e. The largest absolute Gasteiger partial charge is 0.245 e. The molecule has 6 heterocycles. The van der Waals surface area contributed by atoms with Crippen LogP contribution in [0, 0.1) is 0 Å². The lowest BCUT2D eigenvalue weighted by Gasteiger charge is -2.10. The van der Waals surface area contributed by atoms with E-state index in [1.165, 1.54) is 21.5 Å². The van der Waals surface area contributed by atoms with Gasteiger partial charge < -0.3 is 0 Å². The summed E-state index contributed by atoms with van der Waals surface area (Å²) >= 11 is 0. The van der Waals surface area contributed by atoms with Crippen LogP contribution in [0.1, 0.15) is 0 Å². The van der Waals surface area contributed by atoms with Gasteiger partial charge in [-0.2, -0.15) is 0 Å². The highest BCUT2D eigenvalue weighted by Crippen LogP contribution is 2.36. The van der Waals surface area contributed by atoms with E-state index in [-0.39, 0.29) is 0 Å². The summed E-state index contributed by atoms with van der Waals surface area (Å²) in [4.78, 5) is 69.0. The second-order valence-electron chi connectivity index (χ2n) is 28.5. The molecule has 21 aromatic rings. The van der Waals surface area contributed by atoms with Gasteiger partial charge in [0.05, 0.1) is 5.69 Å². The van der Waals surface area contributed by atoms with E-state index in [0.717, 1.165) is 128 Å². The zero-order chi connectivity index (χ0) is 80.2. The standard InChI is InChI=1S/3C35H23N5/c1-3-8-26(9-4-1)33-38-34(27-10-5-2-6-11-27)40-35(39-33)28-16-12-24(13-17-28)29-18-14-25-15-19-30(23-31(25)22-29)32-36-20-7-21-37-32;1-3-7-26(8-4-1)33-38-34(27-9-5-2-6-10-27)40-35(39-33)28-15-11-24(12-16-28)29-17-13-25-14-18-30(20-31(25)19-29)32-21-36-23-37-22-32;1-3-7-26(8-4-1)33-38-34(27-9-5-2-6-10-27)40-35(39-33)28-15-11-24(12-16-28)29-17-13-25-14-18-30(22-31(25)21-29)32-19-20-36-23-37-32/h3*1-23H. The average Bonchev–Trinajstić information content (AvgIpc) is 0.811. The Morgan fingerprint density at radius 2 is 0.375 bits per heavy atom. The Morgan fingerprint density at radius 1 is 0.133 bits per heavy atom. The molecule has 15 nitrogen and oxygen atoms in total. The summed E-state index contributed by atoms with van der Waals surface area (Å²) in [6, 6.07) is 128. The summed E-state index contributed by atoms with van der Waals surface area (Å²) in [5.74, 6) is 6.59. The molecule has 15 aromatic carbocycles. The van der Waals surface area contributed by atoms with Gasteiger partial charge in [-0.25, -0.2) is 74.8 Å². The molecule has 0 N–H and O–H groups in total. The molecule has 0 aliphatic rings. The van der Waals surface area contributed by atoms with E-state index < -0.39 is 0 Å². The predicted molar refractivity (Wildman–Crippen MR) is 480 cm³/mol. The van der Waals surface area contributed by atoms with Gasteiger partial charge in [0.25, 0.3) is 0 Å². The van der Waals surface area contributed by atoms with E-state index in [2.05, 4.69) is 212 Å². The lowest BCUT2D eigenvalue weighted by Crippen LogP contribution is -2.00. The third-order valence-corrected chi connectivity index (χ3v) is 20.6. The lowest BCUT2D eigenvalue weighted by molar-refractivity contribution is 1.07. The van der Waals surface area contributed by atoms with Crippen LogP contribution in [0.15, 0.2) is 420 Å². The van der Waals surface area contributed by atoms with Gasteiger partial charge in [-0.05, 0) is 120 Å². The molecule has 0 saturated carbocycles. The summed E-state index contributed by atoms with van der Waals surface area (Å²) in [5.41, 5.74) is 20.4. The number of hydrogen-bond acceptors (Lipinski definition) is 15. The molecule has 0 amide bonds. The number of aromatic nitrogens is 15. The van der Waals surface area contributed by atoms with Gasteiger partial charge >= 0.3 is 0 Å². The maximum atomic E-state index is 4.85. The van der Waals surface area contributed by atoms with Gasteiger partial charge in [0.2, 0.25) is 0 Å². The van der Waals surface area contributed by atoms with Crippen molar-refractivity contribution in [3.63, 3.8) is 0 Å². The highest BCUT2D eigenvalue weighted by Gasteiger charge is 2.18. The molecular formula is C105H69N15. The molecule has 0 spiro atoms. The first-order chi connectivity index (χ1) is 59.4. The van der Waals surface area contributed by atoms with Crippen LogP contribution in [0.3, 0.4) is 0 Å². The van der Waals surface area contributed by atoms with Crippen molar-refractivity contribution in [3.05, 3.63) is 420 Å². The second kappa shape index (κ2) is 34.2. The second-order valence-corrected chi connectivity index (χ2v) is 28.5. The maximum absolute atomic E-state index is 4.85. The zero-order valence-corrected chi connectivity index (χ0v) is 64.5. The van der Waals surface area contributed by atoms with Crippen LogP contribution in [-0.4, -0.2) is 74.8 Å². The fourth-order valence-electron chi connectivity index (χ4n) is 14.4. The van der Waals surface area contributed by atoms with E-state index in [4.69, 9.17) is 44.9 Å². The van der Waals surface area contributed by atoms with Crippen molar-refractivity contribution in [1.29, 1.82) is 0 Å². The van der Waals surface area contributed by atoms with E-state index in [9.17, 15) is 0 Å². The minimum atomic E-state index is 0.644. The Balaban J connectivity index is 0.000000119. The SMILES string of the molecule is c1ccc(-c2nc(-c3ccccc3)nc(-c3ccc(-c4ccc5ccc(-c6ccncn6)cc5c4)cc3)n2)cc1.c1ccc(-c2nc(-c3ccccc3)nc(-c3ccc(-c4ccc5ccc(-c6cncnc6)cc5c4)cc3)n2)cc1.c1ccc(-c2nc(-c3ccccc3)nc(-c3ccc(-c4ccc5ccc(-c6ncccn6)cc5c4)cc3)n2)cc1. The van der Waals surface area contributed by atoms with E-state index >= 15 is 0 Å². The Labute approximate surface area is 692 Å². The van der Waals surface area contributed by atoms with Crippen molar-refractivity contribution >= 4 is 32.3 Å². The highest BCUT2D eigenvalue weighted by molar-refractivity contribution is 5.94. The first-order valence-electron chi connectivity index (χ1n) is 39.2.